The van der Waals surface area contributed by atoms with Gasteiger partial charge in [0.25, 0.3) is 0 Å². The summed E-state index contributed by atoms with van der Waals surface area (Å²) >= 11 is 0. The second-order valence-electron chi connectivity index (χ2n) is 9.92. The number of aromatic nitrogens is 2. The van der Waals surface area contributed by atoms with E-state index in [-0.39, 0.29) is 37.4 Å². The fourth-order valence-electron chi connectivity index (χ4n) is 5.46. The minimum absolute atomic E-state index is 0.115. The number of halogens is 2. The number of carbonyl (C=O) groups is 4. The zero-order valence-electron chi connectivity index (χ0n) is 21.0. The Morgan fingerprint density at radius 2 is 1.74 bits per heavy atom. The van der Waals surface area contributed by atoms with E-state index in [0.717, 1.165) is 4.57 Å². The van der Waals surface area contributed by atoms with Gasteiger partial charge < -0.3 is 20.1 Å². The minimum Gasteiger partial charge on any atom is -0.497 e. The van der Waals surface area contributed by atoms with Crippen molar-refractivity contribution in [1.29, 1.82) is 0 Å². The number of nitrogens with zero attached hydrogens (tertiary/aromatic N) is 3. The van der Waals surface area contributed by atoms with Crippen LogP contribution in [0, 0.1) is 0 Å². The number of benzene rings is 1. The fraction of sp³-hybridized carbons (Fsp3) is 0.370. The molecule has 2 amide bonds. The highest BCUT2D eigenvalue weighted by atomic mass is 19.3. The normalized spacial score (nSPS) is 20.1. The molecular weight excluding hydrogens is 514 g/mol. The Hall–Kier alpha value is -4.35. The summed E-state index contributed by atoms with van der Waals surface area (Å²) in [6.45, 7) is -0.306. The molecular formula is C27H26F2N4O6. The fourth-order valence-corrected chi connectivity index (χ4v) is 5.46. The number of hydrogen-bond donors (Lipinski definition) is 2. The highest BCUT2D eigenvalue weighted by molar-refractivity contribution is 6.05. The molecule has 1 atom stereocenters. The standard InChI is InChI=1S/C27H26F2N4O6/c1-39-18-4-2-16(3-5-18)26(9-11-27(28,29)12-10-26)24(36)33-15-17(34)14-21(33)23(35)31-22-7-6-20-19(30-22)8-13-32(20)25(37)38/h2-8,13,21H,9-12,14-15H2,1H3,(H,37,38)(H,30,31,35)/t21-/m1/s1. The molecule has 0 radical (unpaired) electrons. The first-order valence-electron chi connectivity index (χ1n) is 12.4. The van der Waals surface area contributed by atoms with E-state index in [9.17, 15) is 33.1 Å². The summed E-state index contributed by atoms with van der Waals surface area (Å²) in [4.78, 5) is 56.6. The highest BCUT2D eigenvalue weighted by Gasteiger charge is 2.53. The van der Waals surface area contributed by atoms with Crippen LogP contribution in [0.25, 0.3) is 11.0 Å². The first kappa shape index (κ1) is 26.3. The Labute approximate surface area is 221 Å². The van der Waals surface area contributed by atoms with Crippen LogP contribution in [0.3, 0.4) is 0 Å². The maximum absolute atomic E-state index is 14.2. The summed E-state index contributed by atoms with van der Waals surface area (Å²) < 4.78 is 34.5. The van der Waals surface area contributed by atoms with Crippen molar-refractivity contribution in [2.75, 3.05) is 19.0 Å². The van der Waals surface area contributed by atoms with Crippen LogP contribution in [-0.2, 0) is 19.8 Å². The van der Waals surface area contributed by atoms with Crippen molar-refractivity contribution in [3.63, 3.8) is 0 Å². The smallest absolute Gasteiger partial charge is 0.416 e. The average molecular weight is 541 g/mol. The number of anilines is 1. The van der Waals surface area contributed by atoms with E-state index in [1.807, 2.05) is 0 Å². The molecule has 2 fully saturated rings. The van der Waals surface area contributed by atoms with Crippen molar-refractivity contribution in [3.8, 4) is 5.75 Å². The number of rotatable bonds is 5. The van der Waals surface area contributed by atoms with E-state index >= 15 is 0 Å². The Morgan fingerprint density at radius 1 is 1.05 bits per heavy atom. The largest absolute Gasteiger partial charge is 0.497 e. The van der Waals surface area contributed by atoms with E-state index in [0.29, 0.717) is 22.3 Å². The molecule has 0 spiro atoms. The van der Waals surface area contributed by atoms with Crippen LogP contribution in [-0.4, -0.2) is 68.9 Å². The van der Waals surface area contributed by atoms with Crippen molar-refractivity contribution in [2.45, 2.75) is 49.5 Å². The third kappa shape index (κ3) is 4.82. The Balaban J connectivity index is 1.42. The molecule has 3 aromatic rings. The molecule has 1 saturated heterocycles. The zero-order chi connectivity index (χ0) is 27.9. The van der Waals surface area contributed by atoms with E-state index < -0.39 is 48.1 Å². The van der Waals surface area contributed by atoms with Gasteiger partial charge in [-0.05, 0) is 48.7 Å². The van der Waals surface area contributed by atoms with Gasteiger partial charge in [0.15, 0.2) is 5.78 Å². The number of hydrogen-bond acceptors (Lipinski definition) is 6. The third-order valence-corrected chi connectivity index (χ3v) is 7.60. The number of fused-ring (bicyclic) bond motifs is 1. The van der Waals surface area contributed by atoms with E-state index in [4.69, 9.17) is 4.74 Å². The Bertz CT molecular complexity index is 1460. The number of Topliss-reactive ketones (excluding diaryl/α,β-unsaturated/α-hetero) is 1. The van der Waals surface area contributed by atoms with Crippen LogP contribution in [0.5, 0.6) is 5.75 Å². The Morgan fingerprint density at radius 3 is 2.38 bits per heavy atom. The van der Waals surface area contributed by atoms with Crippen LogP contribution in [0.2, 0.25) is 0 Å². The van der Waals surface area contributed by atoms with Crippen molar-refractivity contribution in [2.24, 2.45) is 0 Å². The van der Waals surface area contributed by atoms with Crippen molar-refractivity contribution in [3.05, 3.63) is 54.2 Å². The van der Waals surface area contributed by atoms with Gasteiger partial charge in [-0.2, -0.15) is 0 Å². The van der Waals surface area contributed by atoms with E-state index in [1.165, 1.54) is 36.4 Å². The molecule has 12 heteroatoms. The molecule has 2 aromatic heterocycles. The lowest BCUT2D eigenvalue weighted by Gasteiger charge is -2.42. The van der Waals surface area contributed by atoms with E-state index in [1.54, 1.807) is 24.3 Å². The number of ketones is 1. The molecule has 10 nitrogen and oxygen atoms in total. The number of carbonyl (C=O) groups excluding carboxylic acids is 3. The lowest BCUT2D eigenvalue weighted by atomic mass is 9.67. The van der Waals surface area contributed by atoms with Gasteiger partial charge in [0.2, 0.25) is 17.7 Å². The van der Waals surface area contributed by atoms with Gasteiger partial charge in [-0.1, -0.05) is 12.1 Å². The van der Waals surface area contributed by atoms with Gasteiger partial charge in [0, 0.05) is 25.5 Å². The van der Waals surface area contributed by atoms with Crippen LogP contribution in [0.15, 0.2) is 48.7 Å². The van der Waals surface area contributed by atoms with Crippen LogP contribution in [0.4, 0.5) is 19.4 Å². The van der Waals surface area contributed by atoms with Gasteiger partial charge in [0.1, 0.15) is 17.6 Å². The third-order valence-electron chi connectivity index (χ3n) is 7.60. The Kier molecular flexibility index (Phi) is 6.57. The molecule has 204 valence electrons. The van der Waals surface area contributed by atoms with Gasteiger partial charge in [-0.25, -0.2) is 18.6 Å². The number of ether oxygens (including phenoxy) is 1. The lowest BCUT2D eigenvalue weighted by Crippen LogP contribution is -2.54. The number of methoxy groups -OCH3 is 1. The minimum atomic E-state index is -2.91. The molecule has 0 bridgehead atoms. The molecule has 2 aliphatic rings. The SMILES string of the molecule is COc1ccc(C2(C(=O)N3CC(=O)C[C@@H]3C(=O)Nc3ccc4c(ccn4C(=O)O)n3)CCC(F)(F)CC2)cc1. The summed E-state index contributed by atoms with van der Waals surface area (Å²) in [5, 5.41) is 11.9. The monoisotopic (exact) mass is 540 g/mol. The number of amides is 2. The number of alkyl halides is 2. The van der Waals surface area contributed by atoms with Gasteiger partial charge >= 0.3 is 6.09 Å². The van der Waals surface area contributed by atoms with Gasteiger partial charge in [-0.3, -0.25) is 19.0 Å². The summed E-state index contributed by atoms with van der Waals surface area (Å²) in [6, 6.07) is 9.85. The summed E-state index contributed by atoms with van der Waals surface area (Å²) in [6.07, 6.45) is -1.34. The molecule has 39 heavy (non-hydrogen) atoms. The first-order valence-corrected chi connectivity index (χ1v) is 12.4. The summed E-state index contributed by atoms with van der Waals surface area (Å²) in [5.41, 5.74) is -0.151. The molecule has 3 heterocycles. The van der Waals surface area contributed by atoms with E-state index in [2.05, 4.69) is 10.3 Å². The predicted octanol–water partition coefficient (Wildman–Crippen LogP) is 3.83. The first-order chi connectivity index (χ1) is 18.5. The number of likely N-dealkylation sites (tertiary alicyclic amines) is 1. The lowest BCUT2D eigenvalue weighted by molar-refractivity contribution is -0.146. The van der Waals surface area contributed by atoms with Crippen LogP contribution < -0.4 is 10.1 Å². The number of pyridine rings is 1. The number of carboxylic acid groups (broad SMARTS) is 1. The van der Waals surface area contributed by atoms with Crippen LogP contribution >= 0.6 is 0 Å². The zero-order valence-corrected chi connectivity index (χ0v) is 21.0. The quantitative estimate of drug-likeness (QED) is 0.503. The predicted molar refractivity (Wildman–Crippen MR) is 135 cm³/mol. The molecule has 5 rings (SSSR count). The van der Waals surface area contributed by atoms with Gasteiger partial charge in [-0.15, -0.1) is 0 Å². The highest BCUT2D eigenvalue weighted by Crippen LogP contribution is 2.47. The van der Waals surface area contributed by atoms with Crippen LogP contribution in [0.1, 0.15) is 37.7 Å². The molecule has 0 unspecified atom stereocenters. The van der Waals surface area contributed by atoms with Crippen molar-refractivity contribution in [1.82, 2.24) is 14.5 Å². The number of nitrogens with one attached hydrogen (secondary N) is 1. The topological polar surface area (TPSA) is 131 Å². The van der Waals surface area contributed by atoms with Crippen molar-refractivity contribution >= 4 is 40.5 Å². The molecule has 2 N–H and O–H groups in total. The summed E-state index contributed by atoms with van der Waals surface area (Å²) in [5.74, 6) is -3.77. The molecule has 1 aromatic carbocycles. The molecule has 1 saturated carbocycles. The maximum atomic E-state index is 14.2. The second kappa shape index (κ2) is 9.75. The molecule has 1 aliphatic heterocycles. The average Bonchev–Trinajstić information content (AvgIpc) is 3.52. The second-order valence-corrected chi connectivity index (χ2v) is 9.92. The maximum Gasteiger partial charge on any atom is 0.416 e. The molecule has 1 aliphatic carbocycles. The summed E-state index contributed by atoms with van der Waals surface area (Å²) in [7, 11) is 1.49. The van der Waals surface area contributed by atoms with Crippen molar-refractivity contribution < 1.29 is 37.8 Å². The van der Waals surface area contributed by atoms with Gasteiger partial charge in [0.05, 0.1) is 30.1 Å².